The summed E-state index contributed by atoms with van der Waals surface area (Å²) >= 11 is 1.45. The number of amides is 1. The van der Waals surface area contributed by atoms with E-state index in [0.29, 0.717) is 18.0 Å². The fourth-order valence-corrected chi connectivity index (χ4v) is 3.83. The molecule has 1 aliphatic rings. The van der Waals surface area contributed by atoms with Crippen LogP contribution in [0.1, 0.15) is 23.4 Å². The molecule has 1 fully saturated rings. The molecule has 2 aromatic rings. The van der Waals surface area contributed by atoms with Crippen LogP contribution in [-0.2, 0) is 11.0 Å². The lowest BCUT2D eigenvalue weighted by atomic mass is 10.1. The van der Waals surface area contributed by atoms with Gasteiger partial charge in [0.15, 0.2) is 0 Å². The summed E-state index contributed by atoms with van der Waals surface area (Å²) in [6.07, 6.45) is -4.39. The fraction of sp³-hybridized carbons (Fsp3) is 0.278. The average molecular weight is 367 g/mol. The molecule has 1 heterocycles. The summed E-state index contributed by atoms with van der Waals surface area (Å²) in [7, 11) is 0. The molecule has 0 spiro atoms. The Bertz CT molecular complexity index is 744. The Morgan fingerprint density at radius 1 is 1.12 bits per heavy atom. The van der Waals surface area contributed by atoms with Crippen LogP contribution in [0.25, 0.3) is 0 Å². The molecule has 0 aliphatic carbocycles. The van der Waals surface area contributed by atoms with Crippen LogP contribution in [0.3, 0.4) is 0 Å². The van der Waals surface area contributed by atoms with Crippen LogP contribution in [0.5, 0.6) is 5.75 Å². The van der Waals surface area contributed by atoms with E-state index in [4.69, 9.17) is 4.74 Å². The topological polar surface area (TPSA) is 29.5 Å². The number of nitrogens with zero attached hydrogens (tertiary/aromatic N) is 1. The first kappa shape index (κ1) is 17.7. The highest BCUT2D eigenvalue weighted by molar-refractivity contribution is 8.00. The van der Waals surface area contributed by atoms with Gasteiger partial charge in [-0.3, -0.25) is 9.69 Å². The predicted molar refractivity (Wildman–Crippen MR) is 91.7 cm³/mol. The molecule has 0 saturated carbocycles. The van der Waals surface area contributed by atoms with E-state index in [1.54, 1.807) is 4.90 Å². The second kappa shape index (κ2) is 7.00. The van der Waals surface area contributed by atoms with Gasteiger partial charge in [0.05, 0.1) is 17.9 Å². The van der Waals surface area contributed by atoms with Gasteiger partial charge < -0.3 is 4.74 Å². The van der Waals surface area contributed by atoms with Gasteiger partial charge in [0, 0.05) is 5.69 Å². The van der Waals surface area contributed by atoms with Gasteiger partial charge in [0.25, 0.3) is 0 Å². The van der Waals surface area contributed by atoms with Crippen LogP contribution in [0, 0.1) is 0 Å². The number of carbonyl (C=O) groups is 1. The zero-order chi connectivity index (χ0) is 18.0. The highest BCUT2D eigenvalue weighted by atomic mass is 32.2. The van der Waals surface area contributed by atoms with Gasteiger partial charge in [-0.15, -0.1) is 11.8 Å². The third kappa shape index (κ3) is 3.76. The van der Waals surface area contributed by atoms with E-state index in [-0.39, 0.29) is 11.3 Å². The molecular weight excluding hydrogens is 351 g/mol. The lowest BCUT2D eigenvalue weighted by Gasteiger charge is -2.25. The molecular formula is C18H16F3NO2S. The first-order valence-corrected chi connectivity index (χ1v) is 8.78. The summed E-state index contributed by atoms with van der Waals surface area (Å²) < 4.78 is 43.6. The SMILES string of the molecule is CCOc1ccc([C@H]2SCC(=O)N2c2ccc(C(F)(F)F)cc2)cc1. The third-order valence-electron chi connectivity index (χ3n) is 3.82. The molecule has 0 unspecified atom stereocenters. The summed E-state index contributed by atoms with van der Waals surface area (Å²) in [5, 5.41) is -0.264. The largest absolute Gasteiger partial charge is 0.494 e. The smallest absolute Gasteiger partial charge is 0.416 e. The first-order chi connectivity index (χ1) is 11.9. The van der Waals surface area contributed by atoms with E-state index in [9.17, 15) is 18.0 Å². The molecule has 0 bridgehead atoms. The van der Waals surface area contributed by atoms with E-state index < -0.39 is 11.7 Å². The van der Waals surface area contributed by atoms with Crippen molar-refractivity contribution in [2.24, 2.45) is 0 Å². The normalized spacial score (nSPS) is 17.8. The van der Waals surface area contributed by atoms with Gasteiger partial charge in [-0.1, -0.05) is 12.1 Å². The Balaban J connectivity index is 1.87. The second-order valence-electron chi connectivity index (χ2n) is 5.47. The van der Waals surface area contributed by atoms with Crippen LogP contribution in [0.4, 0.5) is 18.9 Å². The van der Waals surface area contributed by atoms with Crippen LogP contribution >= 0.6 is 11.8 Å². The van der Waals surface area contributed by atoms with Crippen molar-refractivity contribution in [3.63, 3.8) is 0 Å². The van der Waals surface area contributed by atoms with Crippen molar-refractivity contribution >= 4 is 23.4 Å². The third-order valence-corrected chi connectivity index (χ3v) is 5.03. The zero-order valence-corrected chi connectivity index (χ0v) is 14.2. The molecule has 0 N–H and O–H groups in total. The maximum absolute atomic E-state index is 12.7. The Labute approximate surface area is 147 Å². The van der Waals surface area contributed by atoms with Gasteiger partial charge in [0.2, 0.25) is 5.91 Å². The molecule has 1 amide bonds. The van der Waals surface area contributed by atoms with E-state index in [0.717, 1.165) is 23.4 Å². The van der Waals surface area contributed by atoms with Crippen molar-refractivity contribution in [3.8, 4) is 5.75 Å². The average Bonchev–Trinajstić information content (AvgIpc) is 2.97. The molecule has 2 aromatic carbocycles. The molecule has 132 valence electrons. The second-order valence-corrected chi connectivity index (χ2v) is 6.54. The number of carbonyl (C=O) groups excluding carboxylic acids is 1. The van der Waals surface area contributed by atoms with Crippen LogP contribution < -0.4 is 9.64 Å². The molecule has 1 aliphatic heterocycles. The van der Waals surface area contributed by atoms with Gasteiger partial charge in [-0.2, -0.15) is 13.2 Å². The maximum Gasteiger partial charge on any atom is 0.416 e. The van der Waals surface area contributed by atoms with Crippen LogP contribution in [0.15, 0.2) is 48.5 Å². The minimum Gasteiger partial charge on any atom is -0.494 e. The summed E-state index contributed by atoms with van der Waals surface area (Å²) in [5.41, 5.74) is 0.634. The number of rotatable bonds is 4. The number of alkyl halides is 3. The quantitative estimate of drug-likeness (QED) is 0.771. The molecule has 1 atom stereocenters. The van der Waals surface area contributed by atoms with Crippen LogP contribution in [-0.4, -0.2) is 18.3 Å². The molecule has 1 saturated heterocycles. The molecule has 3 rings (SSSR count). The summed E-state index contributed by atoms with van der Waals surface area (Å²) in [5.74, 6) is 0.907. The number of ether oxygens (including phenoxy) is 1. The Hall–Kier alpha value is -2.15. The van der Waals surface area contributed by atoms with E-state index in [2.05, 4.69) is 0 Å². The molecule has 0 aromatic heterocycles. The summed E-state index contributed by atoms with van der Waals surface area (Å²) in [4.78, 5) is 13.8. The Morgan fingerprint density at radius 2 is 1.76 bits per heavy atom. The summed E-state index contributed by atoms with van der Waals surface area (Å²) in [6, 6.07) is 12.1. The van der Waals surface area contributed by atoms with Crippen molar-refractivity contribution in [2.45, 2.75) is 18.5 Å². The maximum atomic E-state index is 12.7. The van der Waals surface area contributed by atoms with E-state index in [1.807, 2.05) is 31.2 Å². The number of anilines is 1. The highest BCUT2D eigenvalue weighted by Crippen LogP contribution is 2.42. The van der Waals surface area contributed by atoms with Crippen molar-refractivity contribution in [1.82, 2.24) is 0 Å². The number of hydrogen-bond acceptors (Lipinski definition) is 3. The van der Waals surface area contributed by atoms with Gasteiger partial charge in [-0.25, -0.2) is 0 Å². The number of halogens is 3. The van der Waals surface area contributed by atoms with Gasteiger partial charge >= 0.3 is 6.18 Å². The van der Waals surface area contributed by atoms with E-state index in [1.165, 1.54) is 23.9 Å². The summed E-state index contributed by atoms with van der Waals surface area (Å²) in [6.45, 7) is 2.46. The first-order valence-electron chi connectivity index (χ1n) is 7.74. The molecule has 3 nitrogen and oxygen atoms in total. The fourth-order valence-electron chi connectivity index (χ4n) is 2.66. The van der Waals surface area contributed by atoms with Gasteiger partial charge in [-0.05, 0) is 48.9 Å². The molecule has 7 heteroatoms. The predicted octanol–water partition coefficient (Wildman–Crippen LogP) is 4.88. The monoisotopic (exact) mass is 367 g/mol. The number of benzene rings is 2. The number of thioether (sulfide) groups is 1. The minimum absolute atomic E-state index is 0.122. The standard InChI is InChI=1S/C18H16F3NO2S/c1-2-24-15-9-3-12(4-10-15)17-22(16(23)11-25-17)14-7-5-13(6-8-14)18(19,20)21/h3-10,17H,2,11H2,1H3/t17-/m1/s1. The van der Waals surface area contributed by atoms with Crippen molar-refractivity contribution in [2.75, 3.05) is 17.3 Å². The van der Waals surface area contributed by atoms with Crippen molar-refractivity contribution < 1.29 is 22.7 Å². The number of hydrogen-bond donors (Lipinski definition) is 0. The Morgan fingerprint density at radius 3 is 2.32 bits per heavy atom. The van der Waals surface area contributed by atoms with E-state index >= 15 is 0 Å². The highest BCUT2D eigenvalue weighted by Gasteiger charge is 2.35. The molecule has 0 radical (unpaired) electrons. The lowest BCUT2D eigenvalue weighted by Crippen LogP contribution is -2.27. The van der Waals surface area contributed by atoms with Gasteiger partial charge in [0.1, 0.15) is 11.1 Å². The van der Waals surface area contributed by atoms with Crippen molar-refractivity contribution in [3.05, 3.63) is 59.7 Å². The zero-order valence-electron chi connectivity index (χ0n) is 13.4. The van der Waals surface area contributed by atoms with Crippen molar-refractivity contribution in [1.29, 1.82) is 0 Å². The molecule has 25 heavy (non-hydrogen) atoms. The Kier molecular flexibility index (Phi) is 4.94. The van der Waals surface area contributed by atoms with Crippen LogP contribution in [0.2, 0.25) is 0 Å². The minimum atomic E-state index is -4.39. The lowest BCUT2D eigenvalue weighted by molar-refractivity contribution is -0.137.